The Morgan fingerprint density at radius 3 is 2.55 bits per heavy atom. The number of carbonyl (C=O) groups excluding carboxylic acids is 1. The number of para-hydroxylation sites is 1. The van der Waals surface area contributed by atoms with Gasteiger partial charge >= 0.3 is 0 Å². The van der Waals surface area contributed by atoms with E-state index >= 15 is 0 Å². The Bertz CT molecular complexity index is 1220. The molecular weight excluding hydrogens is 386 g/mol. The first-order valence-electron chi connectivity index (χ1n) is 8.89. The van der Waals surface area contributed by atoms with Crippen LogP contribution in [-0.4, -0.2) is 22.2 Å². The number of phenolic OH excluding ortho intramolecular Hbond substituents is 1. The van der Waals surface area contributed by atoms with Crippen LogP contribution in [0.15, 0.2) is 84.0 Å². The molecule has 2 N–H and O–H groups in total. The number of nitrogens with zero attached hydrogens (tertiary/aromatic N) is 2. The van der Waals surface area contributed by atoms with E-state index in [1.807, 2.05) is 54.6 Å². The van der Waals surface area contributed by atoms with Crippen molar-refractivity contribution in [2.45, 2.75) is 0 Å². The summed E-state index contributed by atoms with van der Waals surface area (Å²) in [6, 6.07) is 23.2. The van der Waals surface area contributed by atoms with Crippen molar-refractivity contribution in [2.75, 3.05) is 0 Å². The molecule has 0 aliphatic rings. The molecular formula is C23H16ClN3O2. The molecule has 4 rings (SSSR count). The summed E-state index contributed by atoms with van der Waals surface area (Å²) in [5.41, 5.74) is 5.43. The number of hydrogen-bond acceptors (Lipinski definition) is 4. The van der Waals surface area contributed by atoms with Gasteiger partial charge in [-0.15, -0.1) is 0 Å². The normalized spacial score (nSPS) is 11.1. The molecule has 0 radical (unpaired) electrons. The number of hydrogen-bond donors (Lipinski definition) is 2. The fourth-order valence-electron chi connectivity index (χ4n) is 2.99. The lowest BCUT2D eigenvalue weighted by Gasteiger charge is -2.10. The summed E-state index contributed by atoms with van der Waals surface area (Å²) in [4.78, 5) is 17.4. The Hall–Kier alpha value is -3.70. The van der Waals surface area contributed by atoms with E-state index in [1.54, 1.807) is 24.4 Å². The van der Waals surface area contributed by atoms with E-state index in [0.29, 0.717) is 32.7 Å². The molecule has 0 spiro atoms. The lowest BCUT2D eigenvalue weighted by atomic mass is 10.0. The van der Waals surface area contributed by atoms with Gasteiger partial charge in [0.05, 0.1) is 23.0 Å². The minimum Gasteiger partial charge on any atom is -0.507 e. The van der Waals surface area contributed by atoms with E-state index in [2.05, 4.69) is 15.5 Å². The number of nitrogens with one attached hydrogen (secondary N) is 1. The maximum Gasteiger partial charge on any atom is 0.272 e. The van der Waals surface area contributed by atoms with Crippen LogP contribution in [0.2, 0.25) is 5.02 Å². The average molecular weight is 402 g/mol. The Balaban J connectivity index is 1.72. The van der Waals surface area contributed by atoms with Gasteiger partial charge in [0.25, 0.3) is 5.91 Å². The number of carbonyl (C=O) groups is 1. The van der Waals surface area contributed by atoms with E-state index in [1.165, 1.54) is 6.07 Å². The number of hydrazone groups is 1. The zero-order chi connectivity index (χ0) is 20.2. The van der Waals surface area contributed by atoms with E-state index in [9.17, 15) is 9.90 Å². The molecule has 29 heavy (non-hydrogen) atoms. The molecule has 0 atom stereocenters. The molecule has 0 aliphatic carbocycles. The molecule has 1 aromatic heterocycles. The van der Waals surface area contributed by atoms with Crippen LogP contribution < -0.4 is 5.43 Å². The second-order valence-corrected chi connectivity index (χ2v) is 6.78. The smallest absolute Gasteiger partial charge is 0.272 e. The van der Waals surface area contributed by atoms with Gasteiger partial charge < -0.3 is 5.11 Å². The lowest BCUT2D eigenvalue weighted by Crippen LogP contribution is -2.18. The fourth-order valence-corrected chi connectivity index (χ4v) is 3.15. The van der Waals surface area contributed by atoms with Gasteiger partial charge in [0, 0.05) is 16.0 Å². The molecule has 1 heterocycles. The minimum absolute atomic E-state index is 0.00580. The van der Waals surface area contributed by atoms with E-state index in [-0.39, 0.29) is 11.7 Å². The number of aromatic hydroxyl groups is 1. The third-order valence-corrected chi connectivity index (χ3v) is 4.61. The van der Waals surface area contributed by atoms with Gasteiger partial charge in [0.1, 0.15) is 5.75 Å². The number of fused-ring (bicyclic) bond motifs is 1. The molecule has 3 aromatic carbocycles. The van der Waals surface area contributed by atoms with Gasteiger partial charge in [0.15, 0.2) is 0 Å². The number of amides is 1. The van der Waals surface area contributed by atoms with Gasteiger partial charge in [0.2, 0.25) is 0 Å². The zero-order valence-corrected chi connectivity index (χ0v) is 16.0. The third kappa shape index (κ3) is 4.10. The maximum absolute atomic E-state index is 12.8. The van der Waals surface area contributed by atoms with Gasteiger partial charge in [-0.05, 0) is 35.9 Å². The fraction of sp³-hybridized carbons (Fsp3) is 0. The number of phenols is 1. The van der Waals surface area contributed by atoms with Crippen molar-refractivity contribution in [3.8, 4) is 17.0 Å². The minimum atomic E-state index is -0.370. The average Bonchev–Trinajstić information content (AvgIpc) is 2.73. The van der Waals surface area contributed by atoms with Gasteiger partial charge in [-0.3, -0.25) is 4.79 Å². The van der Waals surface area contributed by atoms with Crippen LogP contribution in [0.3, 0.4) is 0 Å². The standard InChI is InChI=1S/C23H16ClN3O2/c24-16-10-11-18(22(28)12-16)21-13-19(17-8-4-5-9-20(17)26-21)23(29)27-25-14-15-6-2-1-3-7-15/h1-14,28H,(H,27,29). The number of aromatic nitrogens is 1. The van der Waals surface area contributed by atoms with Crippen molar-refractivity contribution in [1.82, 2.24) is 10.4 Å². The number of benzene rings is 3. The monoisotopic (exact) mass is 401 g/mol. The first-order chi connectivity index (χ1) is 14.1. The summed E-state index contributed by atoms with van der Waals surface area (Å²) >= 11 is 5.93. The number of pyridine rings is 1. The van der Waals surface area contributed by atoms with Crippen LogP contribution in [0.4, 0.5) is 0 Å². The highest BCUT2D eigenvalue weighted by Gasteiger charge is 2.15. The summed E-state index contributed by atoms with van der Waals surface area (Å²) < 4.78 is 0. The van der Waals surface area contributed by atoms with Crippen LogP contribution in [0.1, 0.15) is 15.9 Å². The number of halogens is 1. The van der Waals surface area contributed by atoms with Crippen molar-refractivity contribution < 1.29 is 9.90 Å². The first-order valence-corrected chi connectivity index (χ1v) is 9.27. The summed E-state index contributed by atoms with van der Waals surface area (Å²) in [6.45, 7) is 0. The molecule has 1 amide bonds. The second kappa shape index (κ2) is 8.12. The maximum atomic E-state index is 12.8. The highest BCUT2D eigenvalue weighted by atomic mass is 35.5. The molecule has 0 aliphatic heterocycles. The summed E-state index contributed by atoms with van der Waals surface area (Å²) in [5.74, 6) is -0.376. The van der Waals surface area contributed by atoms with Crippen LogP contribution in [0.5, 0.6) is 5.75 Å². The number of rotatable bonds is 4. The van der Waals surface area contributed by atoms with E-state index < -0.39 is 0 Å². The molecule has 0 saturated heterocycles. The van der Waals surface area contributed by atoms with Gasteiger partial charge in [-0.25, -0.2) is 10.4 Å². The van der Waals surface area contributed by atoms with Crippen molar-refractivity contribution >= 4 is 34.6 Å². The van der Waals surface area contributed by atoms with Gasteiger partial charge in [-0.2, -0.15) is 5.10 Å². The Kier molecular flexibility index (Phi) is 5.22. The second-order valence-electron chi connectivity index (χ2n) is 6.34. The molecule has 0 unspecified atom stereocenters. The van der Waals surface area contributed by atoms with Crippen LogP contribution in [0, 0.1) is 0 Å². The topological polar surface area (TPSA) is 74.6 Å². The zero-order valence-electron chi connectivity index (χ0n) is 15.2. The lowest BCUT2D eigenvalue weighted by molar-refractivity contribution is 0.0956. The highest BCUT2D eigenvalue weighted by Crippen LogP contribution is 2.32. The van der Waals surface area contributed by atoms with Gasteiger partial charge in [-0.1, -0.05) is 60.1 Å². The first kappa shape index (κ1) is 18.7. The Morgan fingerprint density at radius 1 is 1.00 bits per heavy atom. The molecule has 142 valence electrons. The van der Waals surface area contributed by atoms with Crippen LogP contribution >= 0.6 is 11.6 Å². The molecule has 6 heteroatoms. The van der Waals surface area contributed by atoms with E-state index in [0.717, 1.165) is 5.56 Å². The molecule has 0 saturated carbocycles. The quantitative estimate of drug-likeness (QED) is 0.372. The third-order valence-electron chi connectivity index (χ3n) is 4.38. The molecule has 4 aromatic rings. The highest BCUT2D eigenvalue weighted by molar-refractivity contribution is 6.30. The molecule has 5 nitrogen and oxygen atoms in total. The molecule has 0 fully saturated rings. The summed E-state index contributed by atoms with van der Waals surface area (Å²) in [7, 11) is 0. The van der Waals surface area contributed by atoms with Crippen molar-refractivity contribution in [3.63, 3.8) is 0 Å². The van der Waals surface area contributed by atoms with Crippen LogP contribution in [-0.2, 0) is 0 Å². The largest absolute Gasteiger partial charge is 0.507 e. The van der Waals surface area contributed by atoms with Crippen molar-refractivity contribution in [3.05, 3.63) is 95.0 Å². The Labute approximate surface area is 172 Å². The van der Waals surface area contributed by atoms with Crippen LogP contribution in [0.25, 0.3) is 22.2 Å². The summed E-state index contributed by atoms with van der Waals surface area (Å²) in [6.07, 6.45) is 1.58. The predicted octanol–water partition coefficient (Wildman–Crippen LogP) is 5.02. The molecule has 0 bridgehead atoms. The SMILES string of the molecule is O=C(NN=Cc1ccccc1)c1cc(-c2ccc(Cl)cc2O)nc2ccccc12. The van der Waals surface area contributed by atoms with Crippen molar-refractivity contribution in [1.29, 1.82) is 0 Å². The summed E-state index contributed by atoms with van der Waals surface area (Å²) in [5, 5.41) is 15.4. The van der Waals surface area contributed by atoms with E-state index in [4.69, 9.17) is 11.6 Å². The van der Waals surface area contributed by atoms with Crippen molar-refractivity contribution in [2.24, 2.45) is 5.10 Å². The predicted molar refractivity (Wildman–Crippen MR) is 115 cm³/mol. The Morgan fingerprint density at radius 2 is 1.76 bits per heavy atom.